The highest BCUT2D eigenvalue weighted by Gasteiger charge is 2.33. The molecule has 5 N–H and O–H groups in total. The van der Waals surface area contributed by atoms with Crippen LogP contribution >= 0.6 is 0 Å². The summed E-state index contributed by atoms with van der Waals surface area (Å²) in [5, 5.41) is 0. The van der Waals surface area contributed by atoms with Crippen molar-refractivity contribution in [2.24, 2.45) is 5.84 Å². The Morgan fingerprint density at radius 3 is 2.47 bits per heavy atom. The number of hydrogen-bond donors (Lipinski definition) is 3. The number of anilines is 1. The Kier molecular flexibility index (Phi) is 2.80. The Morgan fingerprint density at radius 1 is 1.40 bits per heavy atom. The van der Waals surface area contributed by atoms with Crippen LogP contribution in [0.2, 0.25) is 0 Å². The molecule has 1 rings (SSSR count). The van der Waals surface area contributed by atoms with Crippen LogP contribution in [0.3, 0.4) is 0 Å². The molecule has 15 heavy (non-hydrogen) atoms. The summed E-state index contributed by atoms with van der Waals surface area (Å²) in [5.41, 5.74) is 4.99. The zero-order chi connectivity index (χ0) is 11.6. The number of rotatable bonds is 1. The summed E-state index contributed by atoms with van der Waals surface area (Å²) in [4.78, 5) is 14.0. The van der Waals surface area contributed by atoms with Crippen LogP contribution < -0.4 is 17.0 Å². The summed E-state index contributed by atoms with van der Waals surface area (Å²) in [7, 11) is 0. The van der Waals surface area contributed by atoms with Crippen LogP contribution in [0, 0.1) is 0 Å². The van der Waals surface area contributed by atoms with Gasteiger partial charge in [0, 0.05) is 0 Å². The van der Waals surface area contributed by atoms with Crippen LogP contribution in [0.25, 0.3) is 0 Å². The number of alkyl halides is 3. The highest BCUT2D eigenvalue weighted by molar-refractivity contribution is 5.96. The second-order valence-corrected chi connectivity index (χ2v) is 2.61. The summed E-state index contributed by atoms with van der Waals surface area (Å²) in [6.07, 6.45) is -4.63. The minimum absolute atomic E-state index is 0.175. The van der Waals surface area contributed by atoms with Crippen LogP contribution in [0.5, 0.6) is 0 Å². The van der Waals surface area contributed by atoms with E-state index in [-0.39, 0.29) is 5.69 Å². The predicted octanol–water partition coefficient (Wildman–Crippen LogP) is 0.286. The lowest BCUT2D eigenvalue weighted by atomic mass is 10.2. The first-order valence-corrected chi connectivity index (χ1v) is 3.71. The largest absolute Gasteiger partial charge is 0.433 e. The standard InChI is InChI=1S/C7H7F3N4O/c8-7(9,10)4-2-1-3(11)5(13-4)6(15)14-12/h1-2H,11-12H2,(H,14,15). The third kappa shape index (κ3) is 2.34. The summed E-state index contributed by atoms with van der Waals surface area (Å²) >= 11 is 0. The number of hydrazine groups is 1. The van der Waals surface area contributed by atoms with Crippen LogP contribution in [-0.4, -0.2) is 10.9 Å². The fourth-order valence-corrected chi connectivity index (χ4v) is 0.878. The molecule has 0 atom stereocenters. The van der Waals surface area contributed by atoms with E-state index in [9.17, 15) is 18.0 Å². The van der Waals surface area contributed by atoms with Crippen molar-refractivity contribution in [3.05, 3.63) is 23.5 Å². The SMILES string of the molecule is NNC(=O)c1nc(C(F)(F)F)ccc1N. The lowest BCUT2D eigenvalue weighted by Gasteiger charge is -2.08. The Hall–Kier alpha value is -1.83. The molecule has 0 unspecified atom stereocenters. The minimum Gasteiger partial charge on any atom is -0.397 e. The van der Waals surface area contributed by atoms with Gasteiger partial charge in [0.15, 0.2) is 5.69 Å². The zero-order valence-corrected chi connectivity index (χ0v) is 7.30. The van der Waals surface area contributed by atoms with Crippen molar-refractivity contribution in [3.63, 3.8) is 0 Å². The minimum atomic E-state index is -4.63. The van der Waals surface area contributed by atoms with Crippen LogP contribution in [-0.2, 0) is 6.18 Å². The highest BCUT2D eigenvalue weighted by atomic mass is 19.4. The van der Waals surface area contributed by atoms with Crippen molar-refractivity contribution >= 4 is 11.6 Å². The van der Waals surface area contributed by atoms with Crippen molar-refractivity contribution in [3.8, 4) is 0 Å². The smallest absolute Gasteiger partial charge is 0.397 e. The first kappa shape index (κ1) is 11.2. The molecule has 0 fully saturated rings. The molecule has 5 nitrogen and oxygen atoms in total. The Balaban J connectivity index is 3.23. The van der Waals surface area contributed by atoms with Gasteiger partial charge in [0.25, 0.3) is 5.91 Å². The maximum atomic E-state index is 12.2. The Labute approximate surface area is 82.2 Å². The lowest BCUT2D eigenvalue weighted by molar-refractivity contribution is -0.141. The summed E-state index contributed by atoms with van der Waals surface area (Å²) < 4.78 is 36.6. The van der Waals surface area contributed by atoms with Gasteiger partial charge >= 0.3 is 6.18 Å². The van der Waals surface area contributed by atoms with Crippen molar-refractivity contribution in [2.75, 3.05) is 5.73 Å². The average Bonchev–Trinajstić information content (AvgIpc) is 2.15. The van der Waals surface area contributed by atoms with Crippen LogP contribution in [0.15, 0.2) is 12.1 Å². The number of halogens is 3. The number of hydrogen-bond acceptors (Lipinski definition) is 4. The quantitative estimate of drug-likeness (QED) is 0.360. The average molecular weight is 220 g/mol. The molecule has 82 valence electrons. The summed E-state index contributed by atoms with van der Waals surface area (Å²) in [5.74, 6) is 3.78. The number of nitrogens with zero attached hydrogens (tertiary/aromatic N) is 1. The molecule has 1 aromatic heterocycles. The molecule has 0 aliphatic carbocycles. The molecule has 0 aromatic carbocycles. The van der Waals surface area contributed by atoms with Gasteiger partial charge in [-0.1, -0.05) is 0 Å². The number of carbonyl (C=O) groups is 1. The monoisotopic (exact) mass is 220 g/mol. The predicted molar refractivity (Wildman–Crippen MR) is 45.3 cm³/mol. The fraction of sp³-hybridized carbons (Fsp3) is 0.143. The molecule has 0 radical (unpaired) electrons. The van der Waals surface area contributed by atoms with E-state index in [0.717, 1.165) is 6.07 Å². The number of nitrogen functional groups attached to an aromatic ring is 2. The normalized spacial score (nSPS) is 11.2. The van der Waals surface area contributed by atoms with Crippen molar-refractivity contribution in [1.29, 1.82) is 0 Å². The van der Waals surface area contributed by atoms with Gasteiger partial charge in [0.05, 0.1) is 5.69 Å². The molecule has 0 spiro atoms. The Bertz CT molecular complexity index is 390. The van der Waals surface area contributed by atoms with E-state index >= 15 is 0 Å². The van der Waals surface area contributed by atoms with E-state index < -0.39 is 23.5 Å². The first-order chi connectivity index (χ1) is 6.86. The molecule has 1 amide bonds. The first-order valence-electron chi connectivity index (χ1n) is 3.71. The van der Waals surface area contributed by atoms with Crippen molar-refractivity contribution in [2.45, 2.75) is 6.18 Å². The molecule has 0 aliphatic heterocycles. The summed E-state index contributed by atoms with van der Waals surface area (Å²) in [6, 6.07) is 1.63. The molecule has 0 bridgehead atoms. The van der Waals surface area contributed by atoms with Crippen molar-refractivity contribution < 1.29 is 18.0 Å². The molecule has 1 aromatic rings. The lowest BCUT2D eigenvalue weighted by Crippen LogP contribution is -2.32. The van der Waals surface area contributed by atoms with Gasteiger partial charge < -0.3 is 5.73 Å². The van der Waals surface area contributed by atoms with E-state index in [1.807, 2.05) is 0 Å². The van der Waals surface area contributed by atoms with Gasteiger partial charge in [0.1, 0.15) is 5.69 Å². The van der Waals surface area contributed by atoms with E-state index in [1.165, 1.54) is 0 Å². The molecule has 1 heterocycles. The van der Waals surface area contributed by atoms with Gasteiger partial charge in [0.2, 0.25) is 0 Å². The third-order valence-corrected chi connectivity index (χ3v) is 1.56. The second kappa shape index (κ2) is 3.73. The summed E-state index contributed by atoms with van der Waals surface area (Å²) in [6.45, 7) is 0. The molecule has 0 saturated heterocycles. The molecule has 0 aliphatic rings. The number of pyridine rings is 1. The molecule has 8 heteroatoms. The van der Waals surface area contributed by atoms with Gasteiger partial charge in [-0.2, -0.15) is 13.2 Å². The molecule has 0 saturated carbocycles. The second-order valence-electron chi connectivity index (χ2n) is 2.61. The van der Waals surface area contributed by atoms with Gasteiger partial charge in [-0.15, -0.1) is 0 Å². The van der Waals surface area contributed by atoms with E-state index in [4.69, 9.17) is 11.6 Å². The number of amides is 1. The number of nitrogens with two attached hydrogens (primary N) is 2. The van der Waals surface area contributed by atoms with E-state index in [1.54, 1.807) is 5.43 Å². The molecular formula is C7H7F3N4O. The zero-order valence-electron chi connectivity index (χ0n) is 7.30. The number of aromatic nitrogens is 1. The van der Waals surface area contributed by atoms with E-state index in [0.29, 0.717) is 6.07 Å². The maximum Gasteiger partial charge on any atom is 0.433 e. The van der Waals surface area contributed by atoms with Crippen LogP contribution in [0.4, 0.5) is 18.9 Å². The van der Waals surface area contributed by atoms with Gasteiger partial charge in [-0.05, 0) is 12.1 Å². The topological polar surface area (TPSA) is 94.0 Å². The van der Waals surface area contributed by atoms with Gasteiger partial charge in [-0.3, -0.25) is 10.2 Å². The number of nitrogens with one attached hydrogen (secondary N) is 1. The van der Waals surface area contributed by atoms with Gasteiger partial charge in [-0.25, -0.2) is 10.8 Å². The fourth-order valence-electron chi connectivity index (χ4n) is 0.878. The Morgan fingerprint density at radius 2 is 2.00 bits per heavy atom. The number of carbonyl (C=O) groups excluding carboxylic acids is 1. The van der Waals surface area contributed by atoms with Crippen LogP contribution in [0.1, 0.15) is 16.2 Å². The maximum absolute atomic E-state index is 12.2. The van der Waals surface area contributed by atoms with E-state index in [2.05, 4.69) is 4.98 Å². The molecular weight excluding hydrogens is 213 g/mol. The third-order valence-electron chi connectivity index (χ3n) is 1.56. The van der Waals surface area contributed by atoms with Crippen molar-refractivity contribution in [1.82, 2.24) is 10.4 Å². The highest BCUT2D eigenvalue weighted by Crippen LogP contribution is 2.28.